The van der Waals surface area contributed by atoms with Crippen LogP contribution < -0.4 is 5.32 Å². The Labute approximate surface area is 149 Å². The molecule has 1 amide bonds. The van der Waals surface area contributed by atoms with Gasteiger partial charge in [0.2, 0.25) is 5.91 Å². The van der Waals surface area contributed by atoms with E-state index in [9.17, 15) is 4.79 Å². The van der Waals surface area contributed by atoms with Gasteiger partial charge in [-0.2, -0.15) is 0 Å². The predicted octanol–water partition coefficient (Wildman–Crippen LogP) is 3.04. The Balaban J connectivity index is 1.33. The van der Waals surface area contributed by atoms with Gasteiger partial charge in [0.25, 0.3) is 0 Å². The van der Waals surface area contributed by atoms with Crippen LogP contribution in [0, 0.1) is 18.8 Å². The number of nitrogens with one attached hydrogen (secondary N) is 1. The van der Waals surface area contributed by atoms with E-state index in [1.165, 1.54) is 16.9 Å². The van der Waals surface area contributed by atoms with Gasteiger partial charge in [-0.05, 0) is 66.6 Å². The molecule has 130 valence electrons. The maximum absolute atomic E-state index is 12.6. The van der Waals surface area contributed by atoms with Crippen LogP contribution in [0.2, 0.25) is 0 Å². The summed E-state index contributed by atoms with van der Waals surface area (Å²) in [6, 6.07) is 6.15. The lowest BCUT2D eigenvalue weighted by Gasteiger charge is -2.27. The number of nitrogens with zero attached hydrogens (tertiary/aromatic N) is 5. The van der Waals surface area contributed by atoms with Crippen LogP contribution in [0.15, 0.2) is 24.5 Å². The number of hydrogen-bond donors (Lipinski definition) is 1. The molecule has 0 atom stereocenters. The fourth-order valence-corrected chi connectivity index (χ4v) is 4.40. The van der Waals surface area contributed by atoms with Crippen LogP contribution in [0.4, 0.5) is 5.13 Å². The van der Waals surface area contributed by atoms with Crippen LogP contribution in [-0.4, -0.2) is 31.1 Å². The Morgan fingerprint density at radius 3 is 2.92 bits per heavy atom. The number of fused-ring (bicyclic) bond motifs is 1. The lowest BCUT2D eigenvalue weighted by Crippen LogP contribution is -2.28. The number of carbonyl (C=O) groups is 1. The maximum Gasteiger partial charge on any atom is 0.229 e. The smallest absolute Gasteiger partial charge is 0.229 e. The Kier molecular flexibility index (Phi) is 4.44. The Hall–Kier alpha value is -2.35. The maximum atomic E-state index is 12.6. The number of benzene rings is 1. The summed E-state index contributed by atoms with van der Waals surface area (Å²) in [7, 11) is 0. The normalized spacial score (nSPS) is 20.7. The zero-order chi connectivity index (χ0) is 17.2. The molecule has 1 saturated carbocycles. The molecule has 7 nitrogen and oxygen atoms in total. The minimum Gasteiger partial charge on any atom is -0.302 e. The van der Waals surface area contributed by atoms with Gasteiger partial charge in [-0.25, -0.2) is 9.67 Å². The summed E-state index contributed by atoms with van der Waals surface area (Å²) >= 11 is 1.54. The highest BCUT2D eigenvalue weighted by atomic mass is 32.1. The fourth-order valence-electron chi connectivity index (χ4n) is 3.43. The molecule has 0 bridgehead atoms. The number of rotatable bonds is 4. The summed E-state index contributed by atoms with van der Waals surface area (Å²) in [6.45, 7) is 2.89. The molecule has 1 aliphatic carbocycles. The molecule has 8 heteroatoms. The van der Waals surface area contributed by atoms with Crippen molar-refractivity contribution in [3.63, 3.8) is 0 Å². The molecular formula is C17H20N6OS. The summed E-state index contributed by atoms with van der Waals surface area (Å²) in [4.78, 5) is 17.1. The van der Waals surface area contributed by atoms with Crippen molar-refractivity contribution < 1.29 is 4.79 Å². The minimum absolute atomic E-state index is 0.0684. The van der Waals surface area contributed by atoms with E-state index >= 15 is 0 Å². The van der Waals surface area contributed by atoms with E-state index in [2.05, 4.69) is 38.8 Å². The quantitative estimate of drug-likeness (QED) is 0.776. The Morgan fingerprint density at radius 2 is 2.16 bits per heavy atom. The molecule has 1 aromatic carbocycles. The second-order valence-electron chi connectivity index (χ2n) is 6.73. The van der Waals surface area contributed by atoms with Crippen LogP contribution in [0.3, 0.4) is 0 Å². The zero-order valence-electron chi connectivity index (χ0n) is 14.1. The van der Waals surface area contributed by atoms with Gasteiger partial charge in [0.15, 0.2) is 5.13 Å². The zero-order valence-corrected chi connectivity index (χ0v) is 14.9. The minimum atomic E-state index is 0.0684. The van der Waals surface area contributed by atoms with Gasteiger partial charge in [0, 0.05) is 12.5 Å². The average Bonchev–Trinajstić information content (AvgIpc) is 3.24. The van der Waals surface area contributed by atoms with Gasteiger partial charge in [0.05, 0.1) is 10.2 Å². The highest BCUT2D eigenvalue weighted by Gasteiger charge is 2.27. The molecule has 0 spiro atoms. The van der Waals surface area contributed by atoms with Crippen molar-refractivity contribution >= 4 is 32.6 Å². The largest absolute Gasteiger partial charge is 0.302 e. The molecule has 25 heavy (non-hydrogen) atoms. The number of anilines is 1. The van der Waals surface area contributed by atoms with Crippen molar-refractivity contribution in [2.24, 2.45) is 11.8 Å². The van der Waals surface area contributed by atoms with E-state index in [1.54, 1.807) is 11.0 Å². The summed E-state index contributed by atoms with van der Waals surface area (Å²) in [5.41, 5.74) is 2.14. The lowest BCUT2D eigenvalue weighted by molar-refractivity contribution is -0.121. The molecule has 0 radical (unpaired) electrons. The van der Waals surface area contributed by atoms with Gasteiger partial charge in [-0.15, -0.1) is 5.10 Å². The van der Waals surface area contributed by atoms with Gasteiger partial charge in [-0.3, -0.25) is 4.79 Å². The fraction of sp³-hybridized carbons (Fsp3) is 0.471. The monoisotopic (exact) mass is 356 g/mol. The topological polar surface area (TPSA) is 85.6 Å². The first-order chi connectivity index (χ1) is 12.2. The molecule has 3 aromatic rings. The molecule has 0 aliphatic heterocycles. The number of aromatic nitrogens is 5. The van der Waals surface area contributed by atoms with Crippen molar-refractivity contribution in [1.29, 1.82) is 0 Å². The van der Waals surface area contributed by atoms with Gasteiger partial charge < -0.3 is 5.32 Å². The van der Waals surface area contributed by atoms with Crippen molar-refractivity contribution in [3.8, 4) is 0 Å². The number of amides is 1. The third-order valence-electron chi connectivity index (χ3n) is 4.83. The molecular weight excluding hydrogens is 336 g/mol. The van der Waals surface area contributed by atoms with Crippen LogP contribution in [0.1, 0.15) is 31.2 Å². The van der Waals surface area contributed by atoms with E-state index in [0.717, 1.165) is 42.4 Å². The van der Waals surface area contributed by atoms with E-state index in [-0.39, 0.29) is 11.8 Å². The average molecular weight is 356 g/mol. The van der Waals surface area contributed by atoms with E-state index < -0.39 is 0 Å². The van der Waals surface area contributed by atoms with Crippen molar-refractivity contribution in [2.75, 3.05) is 5.32 Å². The summed E-state index contributed by atoms with van der Waals surface area (Å²) < 4.78 is 2.88. The number of aryl methyl sites for hydroxylation is 1. The van der Waals surface area contributed by atoms with Crippen molar-refractivity contribution in [3.05, 3.63) is 30.1 Å². The first-order valence-electron chi connectivity index (χ1n) is 8.56. The van der Waals surface area contributed by atoms with Gasteiger partial charge in [0.1, 0.15) is 6.33 Å². The standard InChI is InChI=1S/C17H20N6OS/c1-11-2-7-14-15(8-11)25-17(19-14)20-16(24)13-5-3-12(4-6-13)9-23-10-18-21-22-23/h2,7-8,10,12-13H,3-6,9H2,1H3,(H,19,20,24). The highest BCUT2D eigenvalue weighted by Crippen LogP contribution is 2.32. The molecule has 1 fully saturated rings. The third kappa shape index (κ3) is 3.68. The van der Waals surface area contributed by atoms with Crippen LogP contribution in [0.25, 0.3) is 10.2 Å². The predicted molar refractivity (Wildman–Crippen MR) is 96.3 cm³/mol. The third-order valence-corrected chi connectivity index (χ3v) is 5.76. The Morgan fingerprint density at radius 1 is 1.32 bits per heavy atom. The highest BCUT2D eigenvalue weighted by molar-refractivity contribution is 7.22. The summed E-state index contributed by atoms with van der Waals surface area (Å²) in [6.07, 6.45) is 5.51. The second-order valence-corrected chi connectivity index (χ2v) is 7.76. The molecule has 0 unspecified atom stereocenters. The first-order valence-corrected chi connectivity index (χ1v) is 9.38. The Bertz CT molecular complexity index is 867. The van der Waals surface area contributed by atoms with Crippen molar-refractivity contribution in [1.82, 2.24) is 25.2 Å². The number of tetrazole rings is 1. The first kappa shape index (κ1) is 16.1. The molecule has 2 aromatic heterocycles. The van der Waals surface area contributed by atoms with Gasteiger partial charge in [-0.1, -0.05) is 17.4 Å². The molecule has 2 heterocycles. The van der Waals surface area contributed by atoms with Gasteiger partial charge >= 0.3 is 0 Å². The van der Waals surface area contributed by atoms with Crippen LogP contribution in [0.5, 0.6) is 0 Å². The van der Waals surface area contributed by atoms with Crippen LogP contribution >= 0.6 is 11.3 Å². The van der Waals surface area contributed by atoms with E-state index in [4.69, 9.17) is 0 Å². The second kappa shape index (κ2) is 6.87. The summed E-state index contributed by atoms with van der Waals surface area (Å²) in [5.74, 6) is 0.702. The molecule has 1 aliphatic rings. The molecule has 0 saturated heterocycles. The van der Waals surface area contributed by atoms with E-state index in [1.807, 2.05) is 12.1 Å². The molecule has 1 N–H and O–H groups in total. The van der Waals surface area contributed by atoms with Crippen LogP contribution in [-0.2, 0) is 11.3 Å². The van der Waals surface area contributed by atoms with E-state index in [0.29, 0.717) is 11.0 Å². The summed E-state index contributed by atoms with van der Waals surface area (Å²) in [5, 5.41) is 15.0. The molecule has 4 rings (SSSR count). The lowest BCUT2D eigenvalue weighted by atomic mass is 9.81. The number of hydrogen-bond acceptors (Lipinski definition) is 6. The number of thiazole rings is 1. The van der Waals surface area contributed by atoms with Crippen molar-refractivity contribution in [2.45, 2.75) is 39.2 Å². The number of carbonyl (C=O) groups excluding carboxylic acids is 1. The SMILES string of the molecule is Cc1ccc2nc(NC(=O)C3CCC(Cn4cnnn4)CC3)sc2c1.